The Morgan fingerprint density at radius 1 is 1.18 bits per heavy atom. The molecular formula is C15H19FO. The predicted octanol–water partition coefficient (Wildman–Crippen LogP) is 3.86. The number of carbonyl (C=O) groups is 1. The number of ketones is 1. The molecule has 17 heavy (non-hydrogen) atoms. The molecule has 2 rings (SSSR count). The van der Waals surface area contributed by atoms with Crippen molar-refractivity contribution >= 4 is 5.78 Å². The summed E-state index contributed by atoms with van der Waals surface area (Å²) < 4.78 is 13.0. The highest BCUT2D eigenvalue weighted by molar-refractivity contribution is 5.91. The Bertz CT molecular complexity index is 399. The van der Waals surface area contributed by atoms with Crippen molar-refractivity contribution in [2.75, 3.05) is 0 Å². The molecule has 0 atom stereocenters. The largest absolute Gasteiger partial charge is 0.298 e. The minimum absolute atomic E-state index is 0.0400. The summed E-state index contributed by atoms with van der Waals surface area (Å²) in [4.78, 5) is 12.5. The van der Waals surface area contributed by atoms with Crippen molar-refractivity contribution in [3.8, 4) is 0 Å². The molecule has 0 N–H and O–H groups in total. The van der Waals surface area contributed by atoms with Crippen LogP contribution in [0.15, 0.2) is 24.3 Å². The molecule has 1 fully saturated rings. The number of benzene rings is 1. The van der Waals surface area contributed by atoms with Gasteiger partial charge >= 0.3 is 0 Å². The Balaban J connectivity index is 2.41. The number of hydrogen-bond donors (Lipinski definition) is 0. The smallest absolute Gasteiger partial charge is 0.145 e. The molecule has 0 amide bonds. The maximum absolute atomic E-state index is 13.0. The highest BCUT2D eigenvalue weighted by Crippen LogP contribution is 2.43. The molecule has 0 aliphatic heterocycles. The lowest BCUT2D eigenvalue weighted by Gasteiger charge is -2.30. The zero-order valence-electron chi connectivity index (χ0n) is 10.5. The first-order valence-electron chi connectivity index (χ1n) is 6.36. The molecule has 1 saturated carbocycles. The summed E-state index contributed by atoms with van der Waals surface area (Å²) in [5.41, 5.74) is 0.650. The zero-order valence-corrected chi connectivity index (χ0v) is 10.5. The van der Waals surface area contributed by atoms with Gasteiger partial charge in [-0.05, 0) is 30.5 Å². The third-order valence-electron chi connectivity index (χ3n) is 3.85. The Hall–Kier alpha value is -1.18. The minimum Gasteiger partial charge on any atom is -0.298 e. The number of halogens is 1. The standard InChI is InChI=1S/C15H19FO/c1-11(2)14(17)15(9-3-4-10-15)12-5-7-13(16)8-6-12/h5-8,11H,3-4,9-10H2,1-2H3. The fourth-order valence-electron chi connectivity index (χ4n) is 2.98. The van der Waals surface area contributed by atoms with E-state index in [0.29, 0.717) is 5.78 Å². The predicted molar refractivity (Wildman–Crippen MR) is 66.4 cm³/mol. The molecule has 1 aliphatic carbocycles. The third-order valence-corrected chi connectivity index (χ3v) is 3.85. The second-order valence-corrected chi connectivity index (χ2v) is 5.32. The Morgan fingerprint density at radius 3 is 2.18 bits per heavy atom. The molecule has 0 radical (unpaired) electrons. The maximum atomic E-state index is 13.0. The summed E-state index contributed by atoms with van der Waals surface area (Å²) >= 11 is 0. The van der Waals surface area contributed by atoms with Crippen molar-refractivity contribution in [1.29, 1.82) is 0 Å². The number of rotatable bonds is 3. The van der Waals surface area contributed by atoms with Gasteiger partial charge in [-0.1, -0.05) is 38.8 Å². The van der Waals surface area contributed by atoms with Crippen LogP contribution in [0, 0.1) is 11.7 Å². The first-order valence-corrected chi connectivity index (χ1v) is 6.36. The second kappa shape index (κ2) is 4.59. The van der Waals surface area contributed by atoms with Crippen LogP contribution in [-0.4, -0.2) is 5.78 Å². The molecule has 2 heteroatoms. The van der Waals surface area contributed by atoms with Crippen molar-refractivity contribution in [2.24, 2.45) is 5.92 Å². The molecule has 0 spiro atoms. The van der Waals surface area contributed by atoms with Gasteiger partial charge in [-0.15, -0.1) is 0 Å². The SMILES string of the molecule is CC(C)C(=O)C1(c2ccc(F)cc2)CCCC1. The van der Waals surface area contributed by atoms with Crippen LogP contribution in [0.2, 0.25) is 0 Å². The van der Waals surface area contributed by atoms with Crippen molar-refractivity contribution in [3.05, 3.63) is 35.6 Å². The van der Waals surface area contributed by atoms with Gasteiger partial charge in [0.1, 0.15) is 11.6 Å². The summed E-state index contributed by atoms with van der Waals surface area (Å²) in [5, 5.41) is 0. The second-order valence-electron chi connectivity index (χ2n) is 5.32. The van der Waals surface area contributed by atoms with E-state index in [1.54, 1.807) is 12.1 Å². The first-order chi connectivity index (χ1) is 8.06. The van der Waals surface area contributed by atoms with Crippen molar-refractivity contribution in [3.63, 3.8) is 0 Å². The van der Waals surface area contributed by atoms with Crippen LogP contribution in [0.3, 0.4) is 0 Å². The van der Waals surface area contributed by atoms with Crippen LogP contribution in [0.25, 0.3) is 0 Å². The molecule has 0 bridgehead atoms. The number of hydrogen-bond acceptors (Lipinski definition) is 1. The summed E-state index contributed by atoms with van der Waals surface area (Å²) in [6.07, 6.45) is 4.01. The van der Waals surface area contributed by atoms with Gasteiger partial charge in [-0.25, -0.2) is 4.39 Å². The van der Waals surface area contributed by atoms with E-state index in [-0.39, 0.29) is 17.2 Å². The molecule has 1 aromatic rings. The summed E-state index contributed by atoms with van der Waals surface area (Å²) in [6.45, 7) is 3.90. The van der Waals surface area contributed by atoms with Gasteiger partial charge in [0.05, 0.1) is 5.41 Å². The van der Waals surface area contributed by atoms with Crippen LogP contribution < -0.4 is 0 Å². The fraction of sp³-hybridized carbons (Fsp3) is 0.533. The number of carbonyl (C=O) groups excluding carboxylic acids is 1. The molecule has 0 unspecified atom stereocenters. The summed E-state index contributed by atoms with van der Waals surface area (Å²) in [7, 11) is 0. The lowest BCUT2D eigenvalue weighted by atomic mass is 9.72. The van der Waals surface area contributed by atoms with E-state index in [0.717, 1.165) is 31.2 Å². The van der Waals surface area contributed by atoms with Crippen LogP contribution >= 0.6 is 0 Å². The monoisotopic (exact) mass is 234 g/mol. The van der Waals surface area contributed by atoms with E-state index >= 15 is 0 Å². The zero-order chi connectivity index (χ0) is 12.5. The highest BCUT2D eigenvalue weighted by Gasteiger charge is 2.43. The van der Waals surface area contributed by atoms with Crippen molar-refractivity contribution in [2.45, 2.75) is 44.9 Å². The van der Waals surface area contributed by atoms with Crippen LogP contribution in [0.5, 0.6) is 0 Å². The van der Waals surface area contributed by atoms with E-state index in [1.807, 2.05) is 13.8 Å². The van der Waals surface area contributed by atoms with Crippen LogP contribution in [-0.2, 0) is 10.2 Å². The normalized spacial score (nSPS) is 18.6. The topological polar surface area (TPSA) is 17.1 Å². The lowest BCUT2D eigenvalue weighted by Crippen LogP contribution is -2.36. The lowest BCUT2D eigenvalue weighted by molar-refractivity contribution is -0.127. The minimum atomic E-state index is -0.345. The van der Waals surface area contributed by atoms with Gasteiger partial charge in [0.25, 0.3) is 0 Å². The average Bonchev–Trinajstić information content (AvgIpc) is 2.79. The molecule has 1 aromatic carbocycles. The van der Waals surface area contributed by atoms with Gasteiger partial charge < -0.3 is 0 Å². The molecule has 1 aliphatic rings. The molecular weight excluding hydrogens is 215 g/mol. The molecule has 0 aromatic heterocycles. The van der Waals surface area contributed by atoms with Gasteiger partial charge in [0.15, 0.2) is 0 Å². The molecule has 0 saturated heterocycles. The molecule has 0 heterocycles. The van der Waals surface area contributed by atoms with Gasteiger partial charge in [-0.3, -0.25) is 4.79 Å². The summed E-state index contributed by atoms with van der Waals surface area (Å²) in [5.74, 6) is 0.110. The van der Waals surface area contributed by atoms with Gasteiger partial charge in [0, 0.05) is 5.92 Å². The van der Waals surface area contributed by atoms with E-state index in [1.165, 1.54) is 12.1 Å². The molecule has 1 nitrogen and oxygen atoms in total. The van der Waals surface area contributed by atoms with Crippen molar-refractivity contribution < 1.29 is 9.18 Å². The third kappa shape index (κ3) is 2.13. The molecule has 92 valence electrons. The number of Topliss-reactive ketones (excluding diaryl/α,β-unsaturated/α-hetero) is 1. The average molecular weight is 234 g/mol. The van der Waals surface area contributed by atoms with E-state index in [2.05, 4.69) is 0 Å². The van der Waals surface area contributed by atoms with E-state index in [4.69, 9.17) is 0 Å². The van der Waals surface area contributed by atoms with Gasteiger partial charge in [0.2, 0.25) is 0 Å². The first kappa shape index (κ1) is 12.3. The van der Waals surface area contributed by atoms with Crippen molar-refractivity contribution in [1.82, 2.24) is 0 Å². The quantitative estimate of drug-likeness (QED) is 0.776. The highest BCUT2D eigenvalue weighted by atomic mass is 19.1. The Labute approximate surface area is 102 Å². The fourth-order valence-corrected chi connectivity index (χ4v) is 2.98. The maximum Gasteiger partial charge on any atom is 0.145 e. The van der Waals surface area contributed by atoms with E-state index < -0.39 is 0 Å². The Kier molecular flexibility index (Phi) is 3.32. The van der Waals surface area contributed by atoms with E-state index in [9.17, 15) is 9.18 Å². The van der Waals surface area contributed by atoms with Crippen LogP contribution in [0.4, 0.5) is 4.39 Å². The Morgan fingerprint density at radius 2 is 1.71 bits per heavy atom. The van der Waals surface area contributed by atoms with Gasteiger partial charge in [-0.2, -0.15) is 0 Å². The van der Waals surface area contributed by atoms with Crippen LogP contribution in [0.1, 0.15) is 45.1 Å². The summed E-state index contributed by atoms with van der Waals surface area (Å²) in [6, 6.07) is 6.48.